The van der Waals surface area contributed by atoms with Crippen molar-refractivity contribution < 1.29 is 17.9 Å². The number of nitrogens with zero attached hydrogens (tertiary/aromatic N) is 1. The third-order valence-electron chi connectivity index (χ3n) is 5.09. The van der Waals surface area contributed by atoms with Gasteiger partial charge in [-0.05, 0) is 66.9 Å². The van der Waals surface area contributed by atoms with Crippen LogP contribution in [-0.4, -0.2) is 27.7 Å². The summed E-state index contributed by atoms with van der Waals surface area (Å²) in [7, 11) is -3.68. The molecule has 0 bridgehead atoms. The van der Waals surface area contributed by atoms with E-state index < -0.39 is 10.0 Å². The van der Waals surface area contributed by atoms with Crippen LogP contribution >= 0.6 is 0 Å². The summed E-state index contributed by atoms with van der Waals surface area (Å²) in [5.41, 5.74) is 3.81. The van der Waals surface area contributed by atoms with Crippen molar-refractivity contribution in [2.75, 3.05) is 17.5 Å². The Morgan fingerprint density at radius 2 is 1.43 bits per heavy atom. The number of ether oxygens (including phenoxy) is 2. The van der Waals surface area contributed by atoms with Crippen molar-refractivity contribution in [1.82, 2.24) is 0 Å². The zero-order chi connectivity index (χ0) is 21.1. The van der Waals surface area contributed by atoms with Crippen LogP contribution in [0.2, 0.25) is 0 Å². The van der Waals surface area contributed by atoms with Crippen molar-refractivity contribution in [3.05, 3.63) is 89.5 Å². The maximum Gasteiger partial charge on any atom is 0.243 e. The Hall–Kier alpha value is -2.83. The van der Waals surface area contributed by atoms with Crippen molar-refractivity contribution in [2.45, 2.75) is 25.7 Å². The maximum absolute atomic E-state index is 13.6. The number of aryl methyl sites for hydroxylation is 2. The van der Waals surface area contributed by atoms with Crippen molar-refractivity contribution >= 4 is 21.4 Å². The lowest BCUT2D eigenvalue weighted by molar-refractivity contribution is 0.263. The van der Waals surface area contributed by atoms with Crippen LogP contribution in [0.1, 0.15) is 16.7 Å². The number of sulfonamides is 1. The Morgan fingerprint density at radius 1 is 0.933 bits per heavy atom. The van der Waals surface area contributed by atoms with Gasteiger partial charge in [0.05, 0.1) is 23.7 Å². The summed E-state index contributed by atoms with van der Waals surface area (Å²) >= 11 is 0. The van der Waals surface area contributed by atoms with Gasteiger partial charge >= 0.3 is 0 Å². The van der Waals surface area contributed by atoms with E-state index in [0.29, 0.717) is 18.0 Å². The SMILES string of the molecule is Cc1cc(OCC2CO2)cc(C)c1CS(=O)(=O)N(c1ccccc1)c1ccccc1. The topological polar surface area (TPSA) is 59.1 Å². The number of rotatable bonds is 8. The highest BCUT2D eigenvalue weighted by Crippen LogP contribution is 2.32. The first-order chi connectivity index (χ1) is 14.4. The molecule has 0 radical (unpaired) electrons. The molecular formula is C24H25NO4S. The predicted octanol–water partition coefficient (Wildman–Crippen LogP) is 4.75. The van der Waals surface area contributed by atoms with E-state index in [2.05, 4.69) is 0 Å². The summed E-state index contributed by atoms with van der Waals surface area (Å²) in [5.74, 6) is 0.644. The lowest BCUT2D eigenvalue weighted by Gasteiger charge is -2.25. The molecule has 1 heterocycles. The molecule has 0 aromatic heterocycles. The summed E-state index contributed by atoms with van der Waals surface area (Å²) in [5, 5.41) is 0. The van der Waals surface area contributed by atoms with Crippen LogP contribution < -0.4 is 9.04 Å². The average Bonchev–Trinajstić information content (AvgIpc) is 3.55. The maximum atomic E-state index is 13.6. The standard InChI is InChI=1S/C24H25NO4S/c1-18-13-22(28-15-23-16-29-23)14-19(2)24(18)17-30(26,27)25(20-9-5-3-6-10-20)21-11-7-4-8-12-21/h3-14,23H,15-17H2,1-2H3. The van der Waals surface area contributed by atoms with Gasteiger partial charge in [0.2, 0.25) is 10.0 Å². The fraction of sp³-hybridized carbons (Fsp3) is 0.250. The first-order valence-electron chi connectivity index (χ1n) is 9.92. The van der Waals surface area contributed by atoms with E-state index in [-0.39, 0.29) is 11.9 Å². The second-order valence-electron chi connectivity index (χ2n) is 7.49. The van der Waals surface area contributed by atoms with Crippen LogP contribution in [0.15, 0.2) is 72.8 Å². The minimum Gasteiger partial charge on any atom is -0.491 e. The lowest BCUT2D eigenvalue weighted by Crippen LogP contribution is -2.28. The molecule has 0 spiro atoms. The molecule has 1 unspecified atom stereocenters. The quantitative estimate of drug-likeness (QED) is 0.491. The highest BCUT2D eigenvalue weighted by atomic mass is 32.2. The molecule has 0 amide bonds. The number of epoxide rings is 1. The molecule has 6 heteroatoms. The van der Waals surface area contributed by atoms with E-state index in [9.17, 15) is 8.42 Å². The number of benzene rings is 3. The van der Waals surface area contributed by atoms with E-state index in [4.69, 9.17) is 9.47 Å². The third-order valence-corrected chi connectivity index (χ3v) is 6.73. The van der Waals surface area contributed by atoms with E-state index in [1.54, 1.807) is 24.3 Å². The van der Waals surface area contributed by atoms with E-state index in [0.717, 1.165) is 29.0 Å². The molecular weight excluding hydrogens is 398 g/mol. The van der Waals surface area contributed by atoms with E-state index >= 15 is 0 Å². The fourth-order valence-corrected chi connectivity index (χ4v) is 5.30. The molecule has 3 aromatic carbocycles. The number of anilines is 2. The summed E-state index contributed by atoms with van der Waals surface area (Å²) in [4.78, 5) is 0. The zero-order valence-corrected chi connectivity index (χ0v) is 17.9. The van der Waals surface area contributed by atoms with Crippen molar-refractivity contribution in [3.63, 3.8) is 0 Å². The molecule has 0 saturated carbocycles. The molecule has 4 rings (SSSR count). The van der Waals surface area contributed by atoms with Crippen molar-refractivity contribution in [3.8, 4) is 5.75 Å². The molecule has 0 N–H and O–H groups in total. The Balaban J connectivity index is 1.66. The minimum atomic E-state index is -3.68. The number of hydrogen-bond acceptors (Lipinski definition) is 4. The predicted molar refractivity (Wildman–Crippen MR) is 119 cm³/mol. The molecule has 30 heavy (non-hydrogen) atoms. The molecule has 3 aromatic rings. The van der Waals surface area contributed by atoms with Crippen molar-refractivity contribution in [1.29, 1.82) is 0 Å². The second-order valence-corrected chi connectivity index (χ2v) is 9.31. The monoisotopic (exact) mass is 423 g/mol. The van der Waals surface area contributed by atoms with Gasteiger partial charge in [-0.25, -0.2) is 12.7 Å². The van der Waals surface area contributed by atoms with Crippen LogP contribution in [0.25, 0.3) is 0 Å². The highest BCUT2D eigenvalue weighted by molar-refractivity contribution is 7.92. The van der Waals surface area contributed by atoms with Crippen LogP contribution in [0.4, 0.5) is 11.4 Å². The van der Waals surface area contributed by atoms with Gasteiger partial charge in [-0.2, -0.15) is 0 Å². The van der Waals surface area contributed by atoms with E-state index in [1.165, 1.54) is 4.31 Å². The van der Waals surface area contributed by atoms with Gasteiger partial charge in [-0.3, -0.25) is 0 Å². The van der Waals surface area contributed by atoms with Gasteiger partial charge in [0.25, 0.3) is 0 Å². The van der Waals surface area contributed by atoms with Crippen LogP contribution in [0.3, 0.4) is 0 Å². The lowest BCUT2D eigenvalue weighted by atomic mass is 10.0. The van der Waals surface area contributed by atoms with Gasteiger partial charge in [0.15, 0.2) is 0 Å². The average molecular weight is 424 g/mol. The second kappa shape index (κ2) is 8.50. The zero-order valence-electron chi connectivity index (χ0n) is 17.1. The van der Waals surface area contributed by atoms with Gasteiger partial charge in [-0.15, -0.1) is 0 Å². The first kappa shape index (κ1) is 20.4. The van der Waals surface area contributed by atoms with Gasteiger partial charge < -0.3 is 9.47 Å². The van der Waals surface area contributed by atoms with Gasteiger partial charge in [0.1, 0.15) is 18.5 Å². The third kappa shape index (κ3) is 4.66. The summed E-state index contributed by atoms with van der Waals surface area (Å²) < 4.78 is 39.6. The van der Waals surface area contributed by atoms with Crippen LogP contribution in [-0.2, 0) is 20.5 Å². The van der Waals surface area contributed by atoms with Crippen LogP contribution in [0, 0.1) is 13.8 Å². The molecule has 156 valence electrons. The Labute approximate surface area is 177 Å². The molecule has 5 nitrogen and oxygen atoms in total. The summed E-state index contributed by atoms with van der Waals surface area (Å²) in [6.07, 6.45) is 0.177. The largest absolute Gasteiger partial charge is 0.491 e. The molecule has 1 atom stereocenters. The van der Waals surface area contributed by atoms with Crippen LogP contribution in [0.5, 0.6) is 5.75 Å². The van der Waals surface area contributed by atoms with Gasteiger partial charge in [-0.1, -0.05) is 36.4 Å². The molecule has 1 fully saturated rings. The number of para-hydroxylation sites is 2. The Kier molecular flexibility index (Phi) is 5.79. The molecule has 1 saturated heterocycles. The normalized spacial score (nSPS) is 15.6. The first-order valence-corrected chi connectivity index (χ1v) is 11.5. The van der Waals surface area contributed by atoms with E-state index in [1.807, 2.05) is 62.4 Å². The van der Waals surface area contributed by atoms with Gasteiger partial charge in [0, 0.05) is 0 Å². The Morgan fingerprint density at radius 3 is 1.90 bits per heavy atom. The Bertz CT molecular complexity index is 1050. The minimum absolute atomic E-state index is 0.0968. The molecule has 1 aliphatic heterocycles. The summed E-state index contributed by atoms with van der Waals surface area (Å²) in [6, 6.07) is 22.1. The smallest absolute Gasteiger partial charge is 0.243 e. The van der Waals surface area contributed by atoms with Crippen molar-refractivity contribution in [2.24, 2.45) is 0 Å². The molecule has 0 aliphatic carbocycles. The number of hydrogen-bond donors (Lipinski definition) is 0. The highest BCUT2D eigenvalue weighted by Gasteiger charge is 2.27. The fourth-order valence-electron chi connectivity index (χ4n) is 3.46. The summed E-state index contributed by atoms with van der Waals surface area (Å²) in [6.45, 7) is 5.11. The molecule has 1 aliphatic rings.